The minimum atomic E-state index is -0.285. The summed E-state index contributed by atoms with van der Waals surface area (Å²) < 4.78 is 2.07. The highest BCUT2D eigenvalue weighted by atomic mass is 16.3. The third kappa shape index (κ3) is 2.10. The molecule has 0 radical (unpaired) electrons. The van der Waals surface area contributed by atoms with Crippen molar-refractivity contribution in [3.63, 3.8) is 0 Å². The summed E-state index contributed by atoms with van der Waals surface area (Å²) in [5.41, 5.74) is 0. The molecule has 0 amide bonds. The number of hydrogen-bond donors (Lipinski definition) is 1. The molecule has 1 heterocycles. The van der Waals surface area contributed by atoms with Crippen molar-refractivity contribution < 1.29 is 5.11 Å². The second-order valence-corrected chi connectivity index (χ2v) is 3.34. The Morgan fingerprint density at radius 1 is 1.54 bits per heavy atom. The number of nitrogens with zero attached hydrogens (tertiary/aromatic N) is 2. The number of rotatable bonds is 4. The fourth-order valence-corrected chi connectivity index (χ4v) is 1.51. The predicted molar refractivity (Wildman–Crippen MR) is 52.6 cm³/mol. The van der Waals surface area contributed by atoms with Gasteiger partial charge < -0.3 is 9.67 Å². The summed E-state index contributed by atoms with van der Waals surface area (Å²) in [6, 6.07) is 0. The van der Waals surface area contributed by atoms with Gasteiger partial charge in [0.2, 0.25) is 0 Å². The molecule has 1 aromatic rings. The van der Waals surface area contributed by atoms with Crippen LogP contribution in [-0.4, -0.2) is 20.8 Å². The molecule has 0 aliphatic carbocycles. The van der Waals surface area contributed by atoms with E-state index in [1.807, 2.05) is 20.0 Å². The van der Waals surface area contributed by atoms with E-state index in [4.69, 9.17) is 0 Å². The number of aliphatic hydroxyl groups is 1. The van der Waals surface area contributed by atoms with Gasteiger partial charge in [-0.25, -0.2) is 4.98 Å². The maximum absolute atomic E-state index is 9.66. The van der Waals surface area contributed by atoms with E-state index in [1.54, 1.807) is 6.20 Å². The Balaban J connectivity index is 2.81. The van der Waals surface area contributed by atoms with Crippen LogP contribution in [0.25, 0.3) is 0 Å². The lowest BCUT2D eigenvalue weighted by molar-refractivity contribution is 0.140. The third-order valence-corrected chi connectivity index (χ3v) is 2.49. The Morgan fingerprint density at radius 2 is 2.23 bits per heavy atom. The zero-order valence-electron chi connectivity index (χ0n) is 8.57. The van der Waals surface area contributed by atoms with Crippen molar-refractivity contribution in [2.24, 2.45) is 0 Å². The zero-order valence-corrected chi connectivity index (χ0v) is 8.57. The van der Waals surface area contributed by atoms with Gasteiger partial charge in [0.05, 0.1) is 6.10 Å². The van der Waals surface area contributed by atoms with Gasteiger partial charge >= 0.3 is 0 Å². The van der Waals surface area contributed by atoms with Crippen LogP contribution in [0.3, 0.4) is 0 Å². The minimum absolute atomic E-state index is 0.125. The molecule has 0 aromatic carbocycles. The van der Waals surface area contributed by atoms with Gasteiger partial charge in [-0.2, -0.15) is 0 Å². The van der Waals surface area contributed by atoms with E-state index >= 15 is 0 Å². The van der Waals surface area contributed by atoms with Gasteiger partial charge in [0.1, 0.15) is 5.82 Å². The molecule has 0 saturated heterocycles. The fourth-order valence-electron chi connectivity index (χ4n) is 1.51. The smallest absolute Gasteiger partial charge is 0.114 e. The number of hydrogen-bond acceptors (Lipinski definition) is 2. The maximum atomic E-state index is 9.66. The van der Waals surface area contributed by atoms with Crippen LogP contribution in [0.1, 0.15) is 38.9 Å². The Morgan fingerprint density at radius 3 is 2.77 bits per heavy atom. The van der Waals surface area contributed by atoms with Crippen LogP contribution in [0.15, 0.2) is 12.4 Å². The van der Waals surface area contributed by atoms with Crippen molar-refractivity contribution in [1.82, 2.24) is 9.55 Å². The molecule has 13 heavy (non-hydrogen) atoms. The molecule has 0 saturated carbocycles. The lowest BCUT2D eigenvalue weighted by Gasteiger charge is -2.17. The van der Waals surface area contributed by atoms with Crippen molar-refractivity contribution in [2.45, 2.75) is 45.8 Å². The zero-order chi connectivity index (χ0) is 9.84. The number of imidazole rings is 1. The minimum Gasteiger partial charge on any atom is -0.392 e. The van der Waals surface area contributed by atoms with Crippen LogP contribution >= 0.6 is 0 Å². The molecular weight excluding hydrogens is 164 g/mol. The molecular formula is C10H18N2O. The molecule has 0 spiro atoms. The van der Waals surface area contributed by atoms with Crippen molar-refractivity contribution in [3.05, 3.63) is 18.2 Å². The Hall–Kier alpha value is -0.830. The average Bonchev–Trinajstić information content (AvgIpc) is 2.62. The monoisotopic (exact) mass is 182 g/mol. The summed E-state index contributed by atoms with van der Waals surface area (Å²) >= 11 is 0. The maximum Gasteiger partial charge on any atom is 0.114 e. The third-order valence-electron chi connectivity index (χ3n) is 2.49. The van der Waals surface area contributed by atoms with Gasteiger partial charge in [0, 0.05) is 24.9 Å². The molecule has 1 N–H and O–H groups in total. The van der Waals surface area contributed by atoms with E-state index in [0.717, 1.165) is 18.8 Å². The van der Waals surface area contributed by atoms with Crippen LogP contribution < -0.4 is 0 Å². The SMILES string of the molecule is CCC(O)C(C)c1nccn1CC. The van der Waals surface area contributed by atoms with Gasteiger partial charge in [-0.15, -0.1) is 0 Å². The molecule has 74 valence electrons. The molecule has 1 rings (SSSR count). The average molecular weight is 182 g/mol. The van der Waals surface area contributed by atoms with Crippen molar-refractivity contribution in [2.75, 3.05) is 0 Å². The van der Waals surface area contributed by atoms with Gasteiger partial charge in [-0.05, 0) is 13.3 Å². The molecule has 1 aromatic heterocycles. The van der Waals surface area contributed by atoms with Crippen molar-refractivity contribution in [3.8, 4) is 0 Å². The molecule has 3 heteroatoms. The summed E-state index contributed by atoms with van der Waals surface area (Å²) in [5, 5.41) is 9.66. The highest BCUT2D eigenvalue weighted by Gasteiger charge is 2.18. The number of aromatic nitrogens is 2. The largest absolute Gasteiger partial charge is 0.392 e. The number of aryl methyl sites for hydroxylation is 1. The van der Waals surface area contributed by atoms with Gasteiger partial charge in [0.15, 0.2) is 0 Å². The molecule has 2 atom stereocenters. The Kier molecular flexibility index (Phi) is 3.48. The summed E-state index contributed by atoms with van der Waals surface area (Å²) in [5.74, 6) is 1.11. The first-order valence-electron chi connectivity index (χ1n) is 4.89. The van der Waals surface area contributed by atoms with E-state index in [-0.39, 0.29) is 12.0 Å². The van der Waals surface area contributed by atoms with E-state index in [9.17, 15) is 5.11 Å². The van der Waals surface area contributed by atoms with E-state index in [1.165, 1.54) is 0 Å². The predicted octanol–water partition coefficient (Wildman–Crippen LogP) is 1.78. The topological polar surface area (TPSA) is 38.1 Å². The molecule has 0 fully saturated rings. The first-order valence-corrected chi connectivity index (χ1v) is 4.89. The standard InChI is InChI=1S/C10H18N2O/c1-4-9(13)8(3)10-11-6-7-12(10)5-2/h6-9,13H,4-5H2,1-3H3. The first kappa shape index (κ1) is 10.3. The van der Waals surface area contributed by atoms with E-state index in [0.29, 0.717) is 0 Å². The fraction of sp³-hybridized carbons (Fsp3) is 0.700. The molecule has 3 nitrogen and oxygen atoms in total. The van der Waals surface area contributed by atoms with E-state index in [2.05, 4.69) is 16.5 Å². The van der Waals surface area contributed by atoms with Crippen LogP contribution in [-0.2, 0) is 6.54 Å². The lowest BCUT2D eigenvalue weighted by Crippen LogP contribution is -2.18. The van der Waals surface area contributed by atoms with Gasteiger partial charge in [0.25, 0.3) is 0 Å². The summed E-state index contributed by atoms with van der Waals surface area (Å²) in [6.45, 7) is 7.00. The van der Waals surface area contributed by atoms with Gasteiger partial charge in [-0.3, -0.25) is 0 Å². The van der Waals surface area contributed by atoms with Crippen molar-refractivity contribution >= 4 is 0 Å². The first-order chi connectivity index (χ1) is 6.20. The molecule has 2 unspecified atom stereocenters. The Bertz CT molecular complexity index is 257. The summed E-state index contributed by atoms with van der Waals surface area (Å²) in [6.07, 6.45) is 4.23. The molecule has 0 aliphatic rings. The quantitative estimate of drug-likeness (QED) is 0.770. The summed E-state index contributed by atoms with van der Waals surface area (Å²) in [4.78, 5) is 4.26. The highest BCUT2D eigenvalue weighted by Crippen LogP contribution is 2.19. The van der Waals surface area contributed by atoms with Crippen LogP contribution in [0.4, 0.5) is 0 Å². The molecule has 0 aliphatic heterocycles. The second kappa shape index (κ2) is 4.42. The van der Waals surface area contributed by atoms with E-state index < -0.39 is 0 Å². The van der Waals surface area contributed by atoms with Crippen LogP contribution in [0.5, 0.6) is 0 Å². The molecule has 0 bridgehead atoms. The highest BCUT2D eigenvalue weighted by molar-refractivity contribution is 5.01. The Labute approximate surface area is 79.4 Å². The number of aliphatic hydroxyl groups excluding tert-OH is 1. The van der Waals surface area contributed by atoms with Crippen LogP contribution in [0, 0.1) is 0 Å². The van der Waals surface area contributed by atoms with Gasteiger partial charge in [-0.1, -0.05) is 13.8 Å². The van der Waals surface area contributed by atoms with Crippen LogP contribution in [0.2, 0.25) is 0 Å². The summed E-state index contributed by atoms with van der Waals surface area (Å²) in [7, 11) is 0. The lowest BCUT2D eigenvalue weighted by atomic mass is 10.0. The van der Waals surface area contributed by atoms with Crippen molar-refractivity contribution in [1.29, 1.82) is 0 Å². The normalized spacial score (nSPS) is 15.7. The second-order valence-electron chi connectivity index (χ2n) is 3.34.